The van der Waals surface area contributed by atoms with Crippen LogP contribution < -0.4 is 5.73 Å². The van der Waals surface area contributed by atoms with E-state index in [9.17, 15) is 24.6 Å². The van der Waals surface area contributed by atoms with Crippen LogP contribution in [0.4, 0.5) is 0 Å². The fourth-order valence-corrected chi connectivity index (χ4v) is 7.16. The zero-order valence-electron chi connectivity index (χ0n) is 19.1. The number of carboxylic acids is 1. The van der Waals surface area contributed by atoms with Crippen molar-refractivity contribution < 1.29 is 24.6 Å². The summed E-state index contributed by atoms with van der Waals surface area (Å²) in [6, 6.07) is -0.624. The van der Waals surface area contributed by atoms with Crippen molar-refractivity contribution >= 4 is 35.5 Å². The molecule has 4 rings (SSSR count). The number of piperazine rings is 1. The molecule has 0 radical (unpaired) electrons. The number of carboxylic acid groups (broad SMARTS) is 1. The summed E-state index contributed by atoms with van der Waals surface area (Å²) in [6.45, 7) is 6.23. The molecule has 11 nitrogen and oxygen atoms in total. The molecule has 0 saturated carbocycles. The first kappa shape index (κ1) is 23.8. The van der Waals surface area contributed by atoms with E-state index in [-0.39, 0.29) is 46.7 Å². The molecule has 5 N–H and O–H groups in total. The van der Waals surface area contributed by atoms with Crippen molar-refractivity contribution in [3.8, 4) is 0 Å². The number of hydrogen-bond acceptors (Lipinski definition) is 7. The minimum absolute atomic E-state index is 0.0192. The Morgan fingerprint density at radius 2 is 1.82 bits per heavy atom. The first-order valence-corrected chi connectivity index (χ1v) is 12.1. The van der Waals surface area contributed by atoms with Crippen LogP contribution in [0.5, 0.6) is 0 Å². The van der Waals surface area contributed by atoms with E-state index in [1.165, 1.54) is 16.7 Å². The highest BCUT2D eigenvalue weighted by molar-refractivity contribution is 8.03. The number of aliphatic hydroxyl groups excluding tert-OH is 1. The van der Waals surface area contributed by atoms with Gasteiger partial charge >= 0.3 is 5.97 Å². The minimum atomic E-state index is -1.13. The van der Waals surface area contributed by atoms with E-state index in [1.54, 1.807) is 11.8 Å². The second kappa shape index (κ2) is 8.80. The molecule has 0 aromatic heterocycles. The Labute approximate surface area is 197 Å². The van der Waals surface area contributed by atoms with Crippen molar-refractivity contribution in [1.82, 2.24) is 19.6 Å². The lowest BCUT2D eigenvalue weighted by Gasteiger charge is -2.46. The Kier molecular flexibility index (Phi) is 6.36. The maximum atomic E-state index is 13.2. The predicted octanol–water partition coefficient (Wildman–Crippen LogP) is -1.02. The second-order valence-electron chi connectivity index (χ2n) is 9.40. The molecular weight excluding hydrogens is 448 g/mol. The lowest BCUT2D eigenvalue weighted by atomic mass is 9.79. The van der Waals surface area contributed by atoms with Crippen LogP contribution in [0.15, 0.2) is 10.6 Å². The van der Waals surface area contributed by atoms with E-state index in [2.05, 4.69) is 0 Å². The number of aliphatic hydroxyl groups is 1. The Morgan fingerprint density at radius 1 is 1.21 bits per heavy atom. The van der Waals surface area contributed by atoms with Crippen LogP contribution in [0, 0.1) is 17.2 Å². The van der Waals surface area contributed by atoms with Gasteiger partial charge in [-0.25, -0.2) is 4.79 Å². The summed E-state index contributed by atoms with van der Waals surface area (Å²) >= 11 is 1.46. The summed E-state index contributed by atoms with van der Waals surface area (Å²) in [4.78, 5) is 45.3. The van der Waals surface area contributed by atoms with Gasteiger partial charge in [0.15, 0.2) is 5.96 Å². The van der Waals surface area contributed by atoms with E-state index in [4.69, 9.17) is 11.1 Å². The molecular formula is C21H32N6O5S. The summed E-state index contributed by atoms with van der Waals surface area (Å²) < 4.78 is 0. The first-order valence-electron chi connectivity index (χ1n) is 11.3. The molecule has 0 bridgehead atoms. The number of hydrogen-bond donors (Lipinski definition) is 4. The van der Waals surface area contributed by atoms with E-state index < -0.39 is 18.0 Å². The van der Waals surface area contributed by atoms with Gasteiger partial charge in [0.05, 0.1) is 24.1 Å². The quantitative estimate of drug-likeness (QED) is 0.220. The SMILES string of the molecule is CC(O)C1C(=O)N2C(C(=O)O)=C(SC3CC(C(=O)N4CCN(C(=N)N)CC4)N(C)C3)C(C)[C@H]12. The Morgan fingerprint density at radius 3 is 2.36 bits per heavy atom. The average molecular weight is 481 g/mol. The molecule has 33 heavy (non-hydrogen) atoms. The normalized spacial score (nSPS) is 33.3. The van der Waals surface area contributed by atoms with Crippen molar-refractivity contribution in [2.75, 3.05) is 39.8 Å². The average Bonchev–Trinajstić information content (AvgIpc) is 3.23. The number of aliphatic carboxylic acids is 1. The van der Waals surface area contributed by atoms with Crippen LogP contribution in [-0.2, 0) is 14.4 Å². The van der Waals surface area contributed by atoms with Crippen molar-refractivity contribution in [2.45, 2.75) is 43.7 Å². The number of likely N-dealkylation sites (N-methyl/N-ethyl adjacent to an activating group) is 1. The number of carbonyl (C=O) groups excluding carboxylic acids is 2. The number of nitrogens with one attached hydrogen (secondary N) is 1. The summed E-state index contributed by atoms with van der Waals surface area (Å²) in [5.74, 6) is -2.17. The minimum Gasteiger partial charge on any atom is -0.477 e. The fourth-order valence-electron chi connectivity index (χ4n) is 5.56. The van der Waals surface area contributed by atoms with E-state index in [0.29, 0.717) is 44.0 Å². The number of guanidine groups is 1. The zero-order chi connectivity index (χ0) is 24.2. The van der Waals surface area contributed by atoms with Crippen LogP contribution in [0.25, 0.3) is 0 Å². The summed E-state index contributed by atoms with van der Waals surface area (Å²) in [5.41, 5.74) is 5.57. The van der Waals surface area contributed by atoms with Crippen LogP contribution in [0.2, 0.25) is 0 Å². The third-order valence-corrected chi connectivity index (χ3v) is 8.83. The monoisotopic (exact) mass is 480 g/mol. The zero-order valence-corrected chi connectivity index (χ0v) is 19.9. The highest BCUT2D eigenvalue weighted by atomic mass is 32.2. The van der Waals surface area contributed by atoms with Crippen molar-refractivity contribution in [3.63, 3.8) is 0 Å². The molecule has 12 heteroatoms. The molecule has 0 aliphatic carbocycles. The summed E-state index contributed by atoms with van der Waals surface area (Å²) in [5, 5.41) is 27.4. The molecule has 2 amide bonds. The molecule has 4 aliphatic heterocycles. The molecule has 6 atom stereocenters. The maximum absolute atomic E-state index is 13.2. The molecule has 3 fully saturated rings. The molecule has 0 aromatic carbocycles. The lowest BCUT2D eigenvalue weighted by Crippen LogP contribution is -2.63. The fraction of sp³-hybridized carbons (Fsp3) is 0.714. The standard InChI is InChI=1S/C21H32N6O5S/c1-10-15-14(11(2)28)19(30)27(15)16(20(31)32)17(10)33-12-8-13(24(3)9-12)18(29)25-4-6-26(7-5-25)21(22)23/h10-15,28H,4-9H2,1-3H3,(H3,22,23)(H,31,32)/t10?,11?,12?,13?,14?,15-/m1/s1. The van der Waals surface area contributed by atoms with Crippen LogP contribution in [0.3, 0.4) is 0 Å². The second-order valence-corrected chi connectivity index (χ2v) is 10.7. The van der Waals surface area contributed by atoms with Gasteiger partial charge in [-0.3, -0.25) is 19.9 Å². The van der Waals surface area contributed by atoms with Crippen LogP contribution in [-0.4, -0.2) is 117 Å². The smallest absolute Gasteiger partial charge is 0.353 e. The van der Waals surface area contributed by atoms with Gasteiger partial charge in [-0.05, 0) is 20.4 Å². The summed E-state index contributed by atoms with van der Waals surface area (Å²) in [6.07, 6.45) is -0.238. The molecule has 0 spiro atoms. The van der Waals surface area contributed by atoms with E-state index in [0.717, 1.165) is 0 Å². The molecule has 3 saturated heterocycles. The predicted molar refractivity (Wildman–Crippen MR) is 122 cm³/mol. The van der Waals surface area contributed by atoms with E-state index in [1.807, 2.05) is 23.8 Å². The third-order valence-electron chi connectivity index (χ3n) is 7.33. The number of amides is 2. The third kappa shape index (κ3) is 3.97. The number of fused-ring (bicyclic) bond motifs is 1. The number of β-lactam (4-membered cyclic amide) rings is 1. The maximum Gasteiger partial charge on any atom is 0.353 e. The largest absolute Gasteiger partial charge is 0.477 e. The number of nitrogens with two attached hydrogens (primary N) is 1. The molecule has 182 valence electrons. The number of rotatable bonds is 5. The molecule has 4 aliphatic rings. The lowest BCUT2D eigenvalue weighted by molar-refractivity contribution is -0.163. The van der Waals surface area contributed by atoms with Gasteiger partial charge in [0.1, 0.15) is 5.70 Å². The van der Waals surface area contributed by atoms with Gasteiger partial charge < -0.3 is 30.6 Å². The highest BCUT2D eigenvalue weighted by Crippen LogP contribution is 2.52. The Bertz CT molecular complexity index is 902. The van der Waals surface area contributed by atoms with Gasteiger partial charge in [-0.1, -0.05) is 6.92 Å². The number of carbonyl (C=O) groups is 3. The number of nitrogens with zero attached hydrogens (tertiary/aromatic N) is 4. The Balaban J connectivity index is 1.44. The van der Waals surface area contributed by atoms with Crippen molar-refractivity contribution in [3.05, 3.63) is 10.6 Å². The molecule has 0 aromatic rings. The van der Waals surface area contributed by atoms with Crippen LogP contribution >= 0.6 is 11.8 Å². The number of thioether (sulfide) groups is 1. The van der Waals surface area contributed by atoms with Crippen molar-refractivity contribution in [1.29, 1.82) is 5.41 Å². The van der Waals surface area contributed by atoms with E-state index >= 15 is 0 Å². The molecule has 5 unspecified atom stereocenters. The Hall–Kier alpha value is -2.31. The highest BCUT2D eigenvalue weighted by Gasteiger charge is 2.60. The number of likely N-dealkylation sites (tertiary alicyclic amines) is 1. The molecule has 4 heterocycles. The first-order chi connectivity index (χ1) is 15.5. The van der Waals surface area contributed by atoms with Crippen LogP contribution in [0.1, 0.15) is 20.3 Å². The van der Waals surface area contributed by atoms with Gasteiger partial charge in [0, 0.05) is 48.8 Å². The van der Waals surface area contributed by atoms with Gasteiger partial charge in [0.2, 0.25) is 11.8 Å². The van der Waals surface area contributed by atoms with Crippen molar-refractivity contribution in [2.24, 2.45) is 17.6 Å². The van der Waals surface area contributed by atoms with Gasteiger partial charge in [-0.2, -0.15) is 0 Å². The van der Waals surface area contributed by atoms with Gasteiger partial charge in [0.25, 0.3) is 0 Å². The summed E-state index contributed by atoms with van der Waals surface area (Å²) in [7, 11) is 1.90. The van der Waals surface area contributed by atoms with Gasteiger partial charge in [-0.15, -0.1) is 11.8 Å². The topological polar surface area (TPSA) is 154 Å².